The third-order valence-electron chi connectivity index (χ3n) is 5.70. The molecule has 3 aromatic rings. The van der Waals surface area contributed by atoms with Gasteiger partial charge in [0.05, 0.1) is 12.1 Å². The Labute approximate surface area is 186 Å². The van der Waals surface area contributed by atoms with Crippen LogP contribution in [0.2, 0.25) is 0 Å². The van der Waals surface area contributed by atoms with Crippen molar-refractivity contribution in [1.82, 2.24) is 5.32 Å². The number of benzene rings is 3. The summed E-state index contributed by atoms with van der Waals surface area (Å²) < 4.78 is 13.2. The predicted molar refractivity (Wildman–Crippen MR) is 122 cm³/mol. The first-order valence-corrected chi connectivity index (χ1v) is 10.7. The summed E-state index contributed by atoms with van der Waals surface area (Å²) in [4.78, 5) is 2.07. The molecule has 0 amide bonds. The molecule has 0 radical (unpaired) electrons. The van der Waals surface area contributed by atoms with Crippen LogP contribution >= 0.6 is 12.6 Å². The van der Waals surface area contributed by atoms with Gasteiger partial charge in [-0.15, -0.1) is 12.6 Å². The molecule has 1 saturated heterocycles. The zero-order valence-corrected chi connectivity index (χ0v) is 17.7. The van der Waals surface area contributed by atoms with Crippen molar-refractivity contribution in [3.8, 4) is 11.5 Å². The smallest absolute Gasteiger partial charge is 0.126 e. The Morgan fingerprint density at radius 3 is 2.39 bits per heavy atom. The Hall–Kier alpha value is -2.74. The first-order valence-electron chi connectivity index (χ1n) is 10.2. The molecule has 0 spiro atoms. The van der Waals surface area contributed by atoms with Gasteiger partial charge in [-0.3, -0.25) is 5.32 Å². The average molecular weight is 441 g/mol. The highest BCUT2D eigenvalue weighted by Crippen LogP contribution is 2.43. The second-order valence-corrected chi connectivity index (χ2v) is 8.21. The van der Waals surface area contributed by atoms with Crippen LogP contribution in [0.15, 0.2) is 72.8 Å². The number of aromatic hydroxyl groups is 2. The summed E-state index contributed by atoms with van der Waals surface area (Å²) in [5.41, 5.74) is 1.94. The molecule has 0 aromatic heterocycles. The van der Waals surface area contributed by atoms with Crippen molar-refractivity contribution in [1.29, 1.82) is 0 Å². The Kier molecular flexibility index (Phi) is 6.36. The van der Waals surface area contributed by atoms with E-state index in [1.807, 2.05) is 30.3 Å². The van der Waals surface area contributed by atoms with Crippen molar-refractivity contribution in [3.05, 3.63) is 89.7 Å². The lowest BCUT2D eigenvalue weighted by Crippen LogP contribution is -2.31. The number of para-hydroxylation sites is 1. The number of hydrogen-bond acceptors (Lipinski definition) is 6. The van der Waals surface area contributed by atoms with Gasteiger partial charge in [0.15, 0.2) is 0 Å². The number of nitrogens with one attached hydrogen (secondary N) is 1. The molecule has 0 bridgehead atoms. The largest absolute Gasteiger partial charge is 0.508 e. The van der Waals surface area contributed by atoms with Crippen molar-refractivity contribution >= 4 is 18.3 Å². The predicted octanol–water partition coefficient (Wildman–Crippen LogP) is 4.48. The molecule has 0 saturated carbocycles. The monoisotopic (exact) mass is 440 g/mol. The van der Waals surface area contributed by atoms with E-state index in [0.717, 1.165) is 5.69 Å². The maximum Gasteiger partial charge on any atom is 0.126 e. The van der Waals surface area contributed by atoms with Crippen LogP contribution in [0.4, 0.5) is 10.1 Å². The van der Waals surface area contributed by atoms with Gasteiger partial charge in [-0.2, -0.15) is 0 Å². The second-order valence-electron chi connectivity index (χ2n) is 7.72. The normalized spacial score (nSPS) is 21.9. The molecule has 1 heterocycles. The summed E-state index contributed by atoms with van der Waals surface area (Å²) in [6, 6.07) is 19.8. The van der Waals surface area contributed by atoms with E-state index in [2.05, 4.69) is 10.2 Å². The van der Waals surface area contributed by atoms with E-state index < -0.39 is 6.10 Å². The van der Waals surface area contributed by atoms with Gasteiger partial charge in [0, 0.05) is 23.4 Å². The SMILES string of the molecule is Oc1ccc(C2C(CCC(O)c3ccc(F)cc3)NC(S)N2c2ccccc2)c(O)c1. The first kappa shape index (κ1) is 21.5. The van der Waals surface area contributed by atoms with E-state index in [-0.39, 0.29) is 34.9 Å². The highest BCUT2D eigenvalue weighted by atomic mass is 32.1. The molecule has 31 heavy (non-hydrogen) atoms. The van der Waals surface area contributed by atoms with Crippen LogP contribution in [0, 0.1) is 5.82 Å². The Morgan fingerprint density at radius 2 is 1.71 bits per heavy atom. The molecule has 4 unspecified atom stereocenters. The Balaban J connectivity index is 1.61. The molecule has 5 nitrogen and oxygen atoms in total. The van der Waals surface area contributed by atoms with Gasteiger partial charge >= 0.3 is 0 Å². The summed E-state index contributed by atoms with van der Waals surface area (Å²) in [7, 11) is 0. The summed E-state index contributed by atoms with van der Waals surface area (Å²) in [5, 5.41) is 34.4. The molecule has 3 aromatic carbocycles. The van der Waals surface area contributed by atoms with Crippen LogP contribution in [0.25, 0.3) is 0 Å². The molecule has 4 rings (SSSR count). The zero-order valence-electron chi connectivity index (χ0n) is 16.8. The zero-order chi connectivity index (χ0) is 22.0. The molecule has 1 fully saturated rings. The van der Waals surface area contributed by atoms with Crippen LogP contribution in [-0.4, -0.2) is 26.9 Å². The van der Waals surface area contributed by atoms with Crippen molar-refractivity contribution in [3.63, 3.8) is 0 Å². The molecule has 4 atom stereocenters. The topological polar surface area (TPSA) is 76.0 Å². The summed E-state index contributed by atoms with van der Waals surface area (Å²) >= 11 is 4.73. The number of rotatable bonds is 6. The number of aliphatic hydroxyl groups is 1. The van der Waals surface area contributed by atoms with Crippen molar-refractivity contribution in [2.24, 2.45) is 0 Å². The second kappa shape index (κ2) is 9.18. The van der Waals surface area contributed by atoms with E-state index in [9.17, 15) is 19.7 Å². The Morgan fingerprint density at radius 1 is 1.00 bits per heavy atom. The molecule has 1 aliphatic rings. The number of hydrogen-bond donors (Lipinski definition) is 5. The molecular formula is C24H25FN2O3S. The fourth-order valence-corrected chi connectivity index (χ4v) is 4.66. The summed E-state index contributed by atoms with van der Waals surface area (Å²) in [5.74, 6) is -0.351. The quantitative estimate of drug-likeness (QED) is 0.366. The van der Waals surface area contributed by atoms with E-state index in [1.54, 1.807) is 24.3 Å². The molecule has 0 aliphatic carbocycles. The minimum absolute atomic E-state index is 0.000697. The van der Waals surface area contributed by atoms with Gasteiger partial charge in [-0.25, -0.2) is 4.39 Å². The van der Waals surface area contributed by atoms with Gasteiger partial charge < -0.3 is 20.2 Å². The van der Waals surface area contributed by atoms with Crippen LogP contribution < -0.4 is 10.2 Å². The van der Waals surface area contributed by atoms with E-state index >= 15 is 0 Å². The highest BCUT2D eigenvalue weighted by Gasteiger charge is 2.41. The maximum atomic E-state index is 13.2. The molecule has 1 aliphatic heterocycles. The van der Waals surface area contributed by atoms with E-state index in [1.165, 1.54) is 18.2 Å². The number of halogens is 1. The average Bonchev–Trinajstić information content (AvgIpc) is 3.09. The van der Waals surface area contributed by atoms with Gasteiger partial charge in [0.2, 0.25) is 0 Å². The standard InChI is InChI=1S/C24H25FN2O3S/c25-16-8-6-15(7-9-16)21(29)13-12-20-23(19-11-10-18(28)14-22(19)30)27(24(31)26-20)17-4-2-1-3-5-17/h1-11,14,20-21,23-24,26,28-31H,12-13H2. The lowest BCUT2D eigenvalue weighted by atomic mass is 9.92. The van der Waals surface area contributed by atoms with Crippen LogP contribution in [0.3, 0.4) is 0 Å². The number of phenolic OH excluding ortho intramolecular Hbond substituents is 2. The summed E-state index contributed by atoms with van der Waals surface area (Å²) in [6.45, 7) is 0. The van der Waals surface area contributed by atoms with Crippen molar-refractivity contribution in [2.75, 3.05) is 4.90 Å². The first-order chi connectivity index (χ1) is 14.9. The van der Waals surface area contributed by atoms with Crippen LogP contribution in [0.5, 0.6) is 11.5 Å². The van der Waals surface area contributed by atoms with E-state index in [4.69, 9.17) is 12.6 Å². The highest BCUT2D eigenvalue weighted by molar-refractivity contribution is 7.81. The number of anilines is 1. The number of phenols is 2. The van der Waals surface area contributed by atoms with Crippen molar-refractivity contribution < 1.29 is 19.7 Å². The number of nitrogens with zero attached hydrogens (tertiary/aromatic N) is 1. The lowest BCUT2D eigenvalue weighted by molar-refractivity contribution is 0.159. The summed E-state index contributed by atoms with van der Waals surface area (Å²) in [6.07, 6.45) is 0.298. The van der Waals surface area contributed by atoms with E-state index in [0.29, 0.717) is 24.0 Å². The fourth-order valence-electron chi connectivity index (χ4n) is 4.19. The van der Waals surface area contributed by atoms with Gasteiger partial charge in [0.1, 0.15) is 22.8 Å². The fraction of sp³-hybridized carbons (Fsp3) is 0.250. The van der Waals surface area contributed by atoms with Crippen LogP contribution in [0.1, 0.15) is 36.1 Å². The minimum atomic E-state index is -0.736. The molecule has 7 heteroatoms. The number of thiol groups is 1. The molecule has 4 N–H and O–H groups in total. The number of aliphatic hydroxyl groups excluding tert-OH is 1. The van der Waals surface area contributed by atoms with Crippen molar-refractivity contribution in [2.45, 2.75) is 36.5 Å². The lowest BCUT2D eigenvalue weighted by Gasteiger charge is -2.31. The Bertz CT molecular complexity index is 1020. The minimum Gasteiger partial charge on any atom is -0.508 e. The maximum absolute atomic E-state index is 13.2. The third kappa shape index (κ3) is 4.63. The van der Waals surface area contributed by atoms with Gasteiger partial charge in [-0.05, 0) is 54.8 Å². The molecule has 162 valence electrons. The molecular weight excluding hydrogens is 415 g/mol. The van der Waals surface area contributed by atoms with Crippen LogP contribution in [-0.2, 0) is 0 Å². The third-order valence-corrected chi connectivity index (χ3v) is 6.10. The van der Waals surface area contributed by atoms with Gasteiger partial charge in [-0.1, -0.05) is 30.3 Å². The van der Waals surface area contributed by atoms with Gasteiger partial charge in [0.25, 0.3) is 0 Å².